The van der Waals surface area contributed by atoms with Gasteiger partial charge in [0.05, 0.1) is 12.3 Å². The van der Waals surface area contributed by atoms with Gasteiger partial charge in [-0.25, -0.2) is 4.98 Å². The summed E-state index contributed by atoms with van der Waals surface area (Å²) in [6.07, 6.45) is 10.4. The number of ether oxygens (including phenoxy) is 1. The minimum Gasteiger partial charge on any atom is -0.489 e. The molecular formula is C17H18N4O2. The molecule has 0 aliphatic heterocycles. The van der Waals surface area contributed by atoms with Crippen molar-refractivity contribution < 1.29 is 9.53 Å². The molecule has 0 bridgehead atoms. The van der Waals surface area contributed by atoms with Crippen molar-refractivity contribution in [2.45, 2.75) is 38.2 Å². The number of nitriles is 1. The highest BCUT2D eigenvalue weighted by Crippen LogP contribution is 2.27. The number of allylic oxidation sites excluding steroid dienone is 1. The number of H-pyrrole nitrogens is 1. The van der Waals surface area contributed by atoms with Crippen LogP contribution in [0.4, 0.5) is 0 Å². The van der Waals surface area contributed by atoms with E-state index in [1.165, 1.54) is 18.9 Å². The number of aromatic amines is 1. The molecule has 0 saturated heterocycles. The average Bonchev–Trinajstić information content (AvgIpc) is 3.17. The van der Waals surface area contributed by atoms with Crippen LogP contribution in [0, 0.1) is 11.3 Å². The van der Waals surface area contributed by atoms with E-state index in [1.54, 1.807) is 6.20 Å². The van der Waals surface area contributed by atoms with Crippen LogP contribution in [-0.4, -0.2) is 22.0 Å². The van der Waals surface area contributed by atoms with Crippen molar-refractivity contribution in [3.8, 4) is 11.8 Å². The summed E-state index contributed by atoms with van der Waals surface area (Å²) in [6.45, 7) is 0. The Morgan fingerprint density at radius 1 is 1.52 bits per heavy atom. The van der Waals surface area contributed by atoms with E-state index in [-0.39, 0.29) is 11.7 Å². The van der Waals surface area contributed by atoms with Crippen molar-refractivity contribution in [1.29, 1.82) is 5.26 Å². The zero-order valence-corrected chi connectivity index (χ0v) is 12.7. The highest BCUT2D eigenvalue weighted by Gasteiger charge is 2.17. The van der Waals surface area contributed by atoms with Crippen molar-refractivity contribution in [1.82, 2.24) is 9.97 Å². The predicted octanol–water partition coefficient (Wildman–Crippen LogP) is 2.36. The Bertz CT molecular complexity index is 795. The van der Waals surface area contributed by atoms with Gasteiger partial charge in [0.2, 0.25) is 0 Å². The molecule has 2 aromatic rings. The maximum absolute atomic E-state index is 11.1. The minimum atomic E-state index is -0.712. The van der Waals surface area contributed by atoms with Crippen LogP contribution in [0.3, 0.4) is 0 Å². The molecule has 1 saturated carbocycles. The van der Waals surface area contributed by atoms with Gasteiger partial charge in [-0.3, -0.25) is 4.79 Å². The number of primary amides is 1. The third kappa shape index (κ3) is 3.34. The SMILES string of the molecule is N#C/C(=C\Cc1c[nH]c2ncc(OC3CCCC3)cc12)C(N)=O. The molecular weight excluding hydrogens is 292 g/mol. The number of pyridine rings is 1. The molecule has 0 radical (unpaired) electrons. The fraction of sp³-hybridized carbons (Fsp3) is 0.353. The van der Waals surface area contributed by atoms with Gasteiger partial charge in [-0.05, 0) is 43.7 Å². The zero-order chi connectivity index (χ0) is 16.2. The quantitative estimate of drug-likeness (QED) is 0.653. The second-order valence-electron chi connectivity index (χ2n) is 5.70. The van der Waals surface area contributed by atoms with Crippen LogP contribution < -0.4 is 10.5 Å². The van der Waals surface area contributed by atoms with E-state index in [4.69, 9.17) is 15.7 Å². The van der Waals surface area contributed by atoms with Crippen LogP contribution in [0.25, 0.3) is 11.0 Å². The molecule has 0 atom stereocenters. The van der Waals surface area contributed by atoms with Gasteiger partial charge in [0, 0.05) is 11.6 Å². The van der Waals surface area contributed by atoms with E-state index >= 15 is 0 Å². The molecule has 1 fully saturated rings. The molecule has 0 unspecified atom stereocenters. The monoisotopic (exact) mass is 310 g/mol. The lowest BCUT2D eigenvalue weighted by Crippen LogP contribution is -2.12. The molecule has 1 aliphatic carbocycles. The summed E-state index contributed by atoms with van der Waals surface area (Å²) < 4.78 is 5.97. The third-order valence-corrected chi connectivity index (χ3v) is 4.11. The van der Waals surface area contributed by atoms with E-state index in [0.29, 0.717) is 6.42 Å². The topological polar surface area (TPSA) is 105 Å². The van der Waals surface area contributed by atoms with Gasteiger partial charge < -0.3 is 15.5 Å². The van der Waals surface area contributed by atoms with Crippen molar-refractivity contribution in [3.05, 3.63) is 35.7 Å². The van der Waals surface area contributed by atoms with Gasteiger partial charge in [0.15, 0.2) is 0 Å². The van der Waals surface area contributed by atoms with Gasteiger partial charge in [-0.2, -0.15) is 5.26 Å². The Morgan fingerprint density at radius 3 is 3.00 bits per heavy atom. The van der Waals surface area contributed by atoms with Gasteiger partial charge in [0.1, 0.15) is 23.0 Å². The number of hydrogen-bond donors (Lipinski definition) is 2. The lowest BCUT2D eigenvalue weighted by molar-refractivity contribution is -0.114. The Kier molecular flexibility index (Phi) is 4.29. The van der Waals surface area contributed by atoms with Crippen molar-refractivity contribution in [3.63, 3.8) is 0 Å². The molecule has 0 aromatic carbocycles. The van der Waals surface area contributed by atoms with Crippen molar-refractivity contribution in [2.24, 2.45) is 5.73 Å². The molecule has 6 nitrogen and oxygen atoms in total. The molecule has 1 amide bonds. The summed E-state index contributed by atoms with van der Waals surface area (Å²) in [6, 6.07) is 3.76. The number of nitrogens with two attached hydrogens (primary N) is 1. The second kappa shape index (κ2) is 6.53. The smallest absolute Gasteiger partial charge is 0.259 e. The maximum Gasteiger partial charge on any atom is 0.259 e. The Balaban J connectivity index is 1.83. The van der Waals surface area contributed by atoms with Gasteiger partial charge in [-0.1, -0.05) is 6.08 Å². The Labute approximate surface area is 134 Å². The number of hydrogen-bond acceptors (Lipinski definition) is 4. The first-order chi connectivity index (χ1) is 11.2. The van der Waals surface area contributed by atoms with Gasteiger partial charge in [-0.15, -0.1) is 0 Å². The summed E-state index contributed by atoms with van der Waals surface area (Å²) in [5, 5.41) is 9.81. The van der Waals surface area contributed by atoms with Gasteiger partial charge in [0.25, 0.3) is 5.91 Å². The summed E-state index contributed by atoms with van der Waals surface area (Å²) in [5.41, 5.74) is 6.81. The lowest BCUT2D eigenvalue weighted by atomic mass is 10.1. The molecule has 3 N–H and O–H groups in total. The summed E-state index contributed by atoms with van der Waals surface area (Å²) in [5.74, 6) is 0.0420. The van der Waals surface area contributed by atoms with Crippen LogP contribution in [0.2, 0.25) is 0 Å². The van der Waals surface area contributed by atoms with E-state index in [9.17, 15) is 4.79 Å². The predicted molar refractivity (Wildman–Crippen MR) is 85.6 cm³/mol. The molecule has 6 heteroatoms. The fourth-order valence-corrected chi connectivity index (χ4v) is 2.88. The summed E-state index contributed by atoms with van der Waals surface area (Å²) in [4.78, 5) is 18.5. The first-order valence-electron chi connectivity index (χ1n) is 7.70. The highest BCUT2D eigenvalue weighted by atomic mass is 16.5. The van der Waals surface area contributed by atoms with Crippen LogP contribution in [-0.2, 0) is 11.2 Å². The van der Waals surface area contributed by atoms with E-state index in [1.807, 2.05) is 18.3 Å². The van der Waals surface area contributed by atoms with E-state index < -0.39 is 5.91 Å². The normalized spacial score (nSPS) is 15.7. The van der Waals surface area contributed by atoms with Crippen LogP contribution in [0.5, 0.6) is 5.75 Å². The fourth-order valence-electron chi connectivity index (χ4n) is 2.88. The average molecular weight is 310 g/mol. The van der Waals surface area contributed by atoms with Crippen LogP contribution in [0.1, 0.15) is 31.2 Å². The van der Waals surface area contributed by atoms with E-state index in [2.05, 4.69) is 9.97 Å². The number of rotatable bonds is 5. The first-order valence-corrected chi connectivity index (χ1v) is 7.70. The van der Waals surface area contributed by atoms with Gasteiger partial charge >= 0.3 is 0 Å². The largest absolute Gasteiger partial charge is 0.489 e. The number of fused-ring (bicyclic) bond motifs is 1. The van der Waals surface area contributed by atoms with E-state index in [0.717, 1.165) is 35.2 Å². The Morgan fingerprint density at radius 2 is 2.30 bits per heavy atom. The maximum atomic E-state index is 11.1. The molecule has 2 aromatic heterocycles. The highest BCUT2D eigenvalue weighted by molar-refractivity contribution is 5.96. The number of carbonyl (C=O) groups is 1. The lowest BCUT2D eigenvalue weighted by Gasteiger charge is -2.12. The molecule has 23 heavy (non-hydrogen) atoms. The van der Waals surface area contributed by atoms with Crippen LogP contribution >= 0.6 is 0 Å². The number of carbonyl (C=O) groups excluding carboxylic acids is 1. The molecule has 1 aliphatic rings. The molecule has 0 spiro atoms. The summed E-state index contributed by atoms with van der Waals surface area (Å²) in [7, 11) is 0. The summed E-state index contributed by atoms with van der Waals surface area (Å²) >= 11 is 0. The first kappa shape index (κ1) is 15.1. The standard InChI is InChI=1S/C17H18N4O2/c18-8-11(16(19)22)5-6-12-9-20-17-15(12)7-14(10-21-17)23-13-3-1-2-4-13/h5,7,9-10,13H,1-4,6H2,(H2,19,22)(H,20,21)/b11-5+. The molecule has 118 valence electrons. The van der Waals surface area contributed by atoms with Crippen molar-refractivity contribution in [2.75, 3.05) is 0 Å². The number of nitrogens with zero attached hydrogens (tertiary/aromatic N) is 2. The third-order valence-electron chi connectivity index (χ3n) is 4.11. The molecule has 2 heterocycles. The zero-order valence-electron chi connectivity index (χ0n) is 12.7. The number of amides is 1. The number of nitrogens with one attached hydrogen (secondary N) is 1. The molecule has 3 rings (SSSR count). The number of aromatic nitrogens is 2. The second-order valence-corrected chi connectivity index (χ2v) is 5.70. The Hall–Kier alpha value is -2.81. The van der Waals surface area contributed by atoms with Crippen molar-refractivity contribution >= 4 is 16.9 Å². The van der Waals surface area contributed by atoms with Crippen LogP contribution in [0.15, 0.2) is 30.1 Å². The minimum absolute atomic E-state index is 0.0364.